The van der Waals surface area contributed by atoms with Gasteiger partial charge in [0.25, 0.3) is 5.56 Å². The molecule has 0 unspecified atom stereocenters. The standard InChI is InChI=1S/C27H29N5O7S/c1-16-21-22(33)31(27(9-10-27)25(34)35)26(36)30(24(21)40-23(16)32-28-11-12-29-32)15-20(39-17-7-13-38-14-8-17)18-5-3-4-6-19(18)37-2/h3-6,11-12,17,20H,7-10,13-15H2,1-2H3,(H,34,35)/t20-/m0/s1. The highest BCUT2D eigenvalue weighted by Crippen LogP contribution is 2.43. The van der Waals surface area contributed by atoms with Crippen LogP contribution >= 0.6 is 11.3 Å². The van der Waals surface area contributed by atoms with Gasteiger partial charge in [0.1, 0.15) is 27.2 Å². The summed E-state index contributed by atoms with van der Waals surface area (Å²) in [7, 11) is 1.57. The second-order valence-electron chi connectivity index (χ2n) is 10.1. The molecule has 40 heavy (non-hydrogen) atoms. The molecular weight excluding hydrogens is 538 g/mol. The molecule has 1 aliphatic carbocycles. The van der Waals surface area contributed by atoms with Gasteiger partial charge in [0.15, 0.2) is 0 Å². The van der Waals surface area contributed by atoms with E-state index in [4.69, 9.17) is 14.2 Å². The Balaban J connectivity index is 1.57. The molecule has 13 heteroatoms. The first-order valence-electron chi connectivity index (χ1n) is 13.1. The Bertz CT molecular complexity index is 1680. The summed E-state index contributed by atoms with van der Waals surface area (Å²) < 4.78 is 20.1. The zero-order valence-corrected chi connectivity index (χ0v) is 22.9. The third-order valence-electron chi connectivity index (χ3n) is 7.70. The number of carboxylic acids is 1. The molecule has 3 aromatic heterocycles. The number of hydrogen-bond acceptors (Lipinski definition) is 9. The van der Waals surface area contributed by atoms with Crippen molar-refractivity contribution >= 4 is 27.5 Å². The summed E-state index contributed by atoms with van der Waals surface area (Å²) in [6.07, 6.45) is 4.12. The number of nitrogens with zero attached hydrogens (tertiary/aromatic N) is 5. The minimum absolute atomic E-state index is 0.0367. The van der Waals surface area contributed by atoms with Gasteiger partial charge in [-0.05, 0) is 38.7 Å². The molecule has 0 amide bonds. The molecule has 12 nitrogen and oxygen atoms in total. The van der Waals surface area contributed by atoms with E-state index in [0.717, 1.165) is 10.1 Å². The monoisotopic (exact) mass is 567 g/mol. The maximum atomic E-state index is 14.1. The number of ether oxygens (including phenoxy) is 3. The van der Waals surface area contributed by atoms with Gasteiger partial charge < -0.3 is 19.3 Å². The largest absolute Gasteiger partial charge is 0.496 e. The predicted octanol–water partition coefficient (Wildman–Crippen LogP) is 2.63. The van der Waals surface area contributed by atoms with E-state index in [1.54, 1.807) is 14.0 Å². The van der Waals surface area contributed by atoms with E-state index in [2.05, 4.69) is 10.2 Å². The van der Waals surface area contributed by atoms with Crippen LogP contribution in [0.4, 0.5) is 0 Å². The normalized spacial score (nSPS) is 17.6. The lowest BCUT2D eigenvalue weighted by Crippen LogP contribution is -2.49. The van der Waals surface area contributed by atoms with Crippen LogP contribution in [0.15, 0.2) is 46.2 Å². The first-order valence-corrected chi connectivity index (χ1v) is 13.9. The first kappa shape index (κ1) is 26.4. The summed E-state index contributed by atoms with van der Waals surface area (Å²) in [5.74, 6) is -0.593. The molecule has 1 aliphatic heterocycles. The molecule has 4 heterocycles. The highest BCUT2D eigenvalue weighted by atomic mass is 32.1. The number of thiophene rings is 1. The number of aryl methyl sites for hydroxylation is 1. The summed E-state index contributed by atoms with van der Waals surface area (Å²) >= 11 is 1.21. The first-order chi connectivity index (χ1) is 19.4. The minimum Gasteiger partial charge on any atom is -0.496 e. The van der Waals surface area contributed by atoms with Crippen molar-refractivity contribution in [1.82, 2.24) is 24.1 Å². The van der Waals surface area contributed by atoms with Gasteiger partial charge in [0.2, 0.25) is 0 Å². The van der Waals surface area contributed by atoms with Crippen molar-refractivity contribution < 1.29 is 24.1 Å². The molecular formula is C27H29N5O7S. The van der Waals surface area contributed by atoms with Crippen LogP contribution in [0, 0.1) is 6.92 Å². The number of aliphatic carboxylic acids is 1. The maximum absolute atomic E-state index is 14.1. The van der Waals surface area contributed by atoms with Gasteiger partial charge in [-0.1, -0.05) is 29.5 Å². The van der Waals surface area contributed by atoms with E-state index in [9.17, 15) is 19.5 Å². The van der Waals surface area contributed by atoms with E-state index >= 15 is 0 Å². The molecule has 0 spiro atoms. The van der Waals surface area contributed by atoms with Gasteiger partial charge in [-0.2, -0.15) is 10.2 Å². The molecule has 1 saturated carbocycles. The van der Waals surface area contributed by atoms with Crippen molar-refractivity contribution in [1.29, 1.82) is 0 Å². The van der Waals surface area contributed by atoms with Crippen molar-refractivity contribution in [3.8, 4) is 10.8 Å². The number of rotatable bonds is 9. The second-order valence-corrected chi connectivity index (χ2v) is 11.1. The zero-order valence-electron chi connectivity index (χ0n) is 22.1. The smallest absolute Gasteiger partial charge is 0.333 e. The Morgan fingerprint density at radius 3 is 2.55 bits per heavy atom. The van der Waals surface area contributed by atoms with Crippen LogP contribution in [-0.2, 0) is 26.4 Å². The third-order valence-corrected chi connectivity index (χ3v) is 8.98. The quantitative estimate of drug-likeness (QED) is 0.323. The fourth-order valence-corrected chi connectivity index (χ4v) is 6.61. The Morgan fingerprint density at radius 2 is 1.90 bits per heavy atom. The second kappa shape index (κ2) is 10.3. The number of carboxylic acid groups (broad SMARTS) is 1. The summed E-state index contributed by atoms with van der Waals surface area (Å²) in [6, 6.07) is 7.45. The van der Waals surface area contributed by atoms with Crippen LogP contribution in [0.2, 0.25) is 0 Å². The lowest BCUT2D eigenvalue weighted by molar-refractivity contribution is -0.142. The number of para-hydroxylation sites is 1. The summed E-state index contributed by atoms with van der Waals surface area (Å²) in [6.45, 7) is 2.94. The minimum atomic E-state index is -1.57. The average molecular weight is 568 g/mol. The van der Waals surface area contributed by atoms with Crippen molar-refractivity contribution in [2.24, 2.45) is 0 Å². The topological polar surface area (TPSA) is 140 Å². The molecule has 1 aromatic carbocycles. The summed E-state index contributed by atoms with van der Waals surface area (Å²) in [4.78, 5) is 42.1. The number of carbonyl (C=O) groups is 1. The van der Waals surface area contributed by atoms with Crippen molar-refractivity contribution in [3.63, 3.8) is 0 Å². The summed E-state index contributed by atoms with van der Waals surface area (Å²) in [5.41, 5.74) is -1.55. The Labute approximate surface area is 232 Å². The van der Waals surface area contributed by atoms with Crippen molar-refractivity contribution in [2.75, 3.05) is 20.3 Å². The molecule has 2 fully saturated rings. The number of aromatic nitrogens is 5. The molecule has 4 aromatic rings. The fourth-order valence-electron chi connectivity index (χ4n) is 5.39. The Hall–Kier alpha value is -3.81. The third kappa shape index (κ3) is 4.34. The van der Waals surface area contributed by atoms with Crippen LogP contribution in [0.1, 0.15) is 42.9 Å². The van der Waals surface area contributed by atoms with Gasteiger partial charge in [0, 0.05) is 24.3 Å². The van der Waals surface area contributed by atoms with Crippen molar-refractivity contribution in [2.45, 2.75) is 56.9 Å². The highest BCUT2D eigenvalue weighted by molar-refractivity contribution is 7.21. The molecule has 210 valence electrons. The van der Waals surface area contributed by atoms with Gasteiger partial charge in [-0.15, -0.1) is 4.80 Å². The Kier molecular flexibility index (Phi) is 6.80. The van der Waals surface area contributed by atoms with Gasteiger partial charge in [-0.3, -0.25) is 9.36 Å². The van der Waals surface area contributed by atoms with E-state index < -0.39 is 28.9 Å². The molecule has 1 N–H and O–H groups in total. The van der Waals surface area contributed by atoms with Gasteiger partial charge in [-0.25, -0.2) is 14.2 Å². The van der Waals surface area contributed by atoms with E-state index in [-0.39, 0.29) is 30.9 Å². The van der Waals surface area contributed by atoms with E-state index in [1.165, 1.54) is 33.1 Å². The van der Waals surface area contributed by atoms with Gasteiger partial charge in [0.05, 0.1) is 37.5 Å². The lowest BCUT2D eigenvalue weighted by Gasteiger charge is -2.29. The van der Waals surface area contributed by atoms with Crippen LogP contribution < -0.4 is 16.0 Å². The molecule has 6 rings (SSSR count). The highest BCUT2D eigenvalue weighted by Gasteiger charge is 2.55. The van der Waals surface area contributed by atoms with E-state index in [1.807, 2.05) is 24.3 Å². The number of hydrogen-bond donors (Lipinski definition) is 1. The van der Waals surface area contributed by atoms with E-state index in [0.29, 0.717) is 47.2 Å². The molecule has 2 aliphatic rings. The van der Waals surface area contributed by atoms with Crippen LogP contribution in [0.5, 0.6) is 5.75 Å². The fraction of sp³-hybridized carbons (Fsp3) is 0.444. The zero-order chi connectivity index (χ0) is 28.0. The molecule has 0 bridgehead atoms. The number of benzene rings is 1. The lowest BCUT2D eigenvalue weighted by atomic mass is 10.1. The van der Waals surface area contributed by atoms with Crippen LogP contribution in [-0.4, -0.2) is 61.6 Å². The van der Waals surface area contributed by atoms with Crippen molar-refractivity contribution in [3.05, 3.63) is 68.6 Å². The molecule has 1 atom stereocenters. The Morgan fingerprint density at radius 1 is 1.20 bits per heavy atom. The SMILES string of the molecule is COc1ccccc1[C@H](Cn1c(=O)n(C2(C(=O)O)CC2)c(=O)c2c(C)c(-n3nccn3)sc21)OC1CCOCC1. The predicted molar refractivity (Wildman–Crippen MR) is 146 cm³/mol. The van der Waals surface area contributed by atoms with Crippen LogP contribution in [0.25, 0.3) is 15.2 Å². The van der Waals surface area contributed by atoms with Crippen LogP contribution in [0.3, 0.4) is 0 Å². The summed E-state index contributed by atoms with van der Waals surface area (Å²) in [5, 5.41) is 19.3. The number of methoxy groups -OCH3 is 1. The van der Waals surface area contributed by atoms with Gasteiger partial charge >= 0.3 is 11.7 Å². The molecule has 1 saturated heterocycles. The maximum Gasteiger partial charge on any atom is 0.333 e. The average Bonchev–Trinajstić information content (AvgIpc) is 3.42. The molecule has 0 radical (unpaired) electrons. The number of fused-ring (bicyclic) bond motifs is 1.